The minimum Gasteiger partial charge on any atom is -0.396 e. The van der Waals surface area contributed by atoms with Crippen molar-refractivity contribution in [3.8, 4) is 0 Å². The number of aliphatic hydroxyl groups is 1. The van der Waals surface area contributed by atoms with Crippen molar-refractivity contribution in [3.63, 3.8) is 0 Å². The van der Waals surface area contributed by atoms with Crippen molar-refractivity contribution in [2.24, 2.45) is 0 Å². The number of benzene rings is 3. The van der Waals surface area contributed by atoms with E-state index >= 15 is 0 Å². The first-order chi connectivity index (χ1) is 14.6. The van der Waals surface area contributed by atoms with Crippen LogP contribution in [0.5, 0.6) is 0 Å². The summed E-state index contributed by atoms with van der Waals surface area (Å²) in [5, 5.41) is 11.9. The Morgan fingerprint density at radius 2 is 1.43 bits per heavy atom. The van der Waals surface area contributed by atoms with Crippen molar-refractivity contribution >= 4 is 11.6 Å². The Kier molecular flexibility index (Phi) is 7.65. The van der Waals surface area contributed by atoms with Crippen LogP contribution in [-0.2, 0) is 4.79 Å². The van der Waals surface area contributed by atoms with E-state index in [1.165, 1.54) is 0 Å². The molecule has 156 valence electrons. The molecule has 0 saturated carbocycles. The van der Waals surface area contributed by atoms with Crippen molar-refractivity contribution in [2.75, 3.05) is 25.0 Å². The second-order valence-corrected chi connectivity index (χ2v) is 6.98. The second kappa shape index (κ2) is 10.6. The van der Waals surface area contributed by atoms with E-state index in [1.54, 1.807) is 0 Å². The van der Waals surface area contributed by atoms with Gasteiger partial charge >= 0.3 is 0 Å². The molecule has 0 saturated heterocycles. The maximum Gasteiger partial charge on any atom is 0.238 e. The van der Waals surface area contributed by atoms with Gasteiger partial charge in [0.2, 0.25) is 5.91 Å². The number of rotatable bonds is 9. The van der Waals surface area contributed by atoms with E-state index in [2.05, 4.69) is 5.32 Å². The predicted molar refractivity (Wildman–Crippen MR) is 113 cm³/mol. The molecule has 6 heteroatoms. The van der Waals surface area contributed by atoms with Crippen molar-refractivity contribution in [1.82, 2.24) is 4.90 Å². The van der Waals surface area contributed by atoms with Crippen molar-refractivity contribution < 1.29 is 18.7 Å². The lowest BCUT2D eigenvalue weighted by molar-refractivity contribution is -0.117. The minimum atomic E-state index is -0.756. The van der Waals surface area contributed by atoms with Crippen LogP contribution in [0.3, 0.4) is 0 Å². The van der Waals surface area contributed by atoms with E-state index < -0.39 is 17.5 Å². The zero-order valence-electron chi connectivity index (χ0n) is 16.5. The molecule has 1 amide bonds. The number of hydrogen-bond acceptors (Lipinski definition) is 3. The number of amides is 1. The normalized spacial score (nSPS) is 11.1. The third-order valence-electron chi connectivity index (χ3n) is 4.69. The summed E-state index contributed by atoms with van der Waals surface area (Å²) < 4.78 is 26.9. The molecule has 0 bridgehead atoms. The Labute approximate surface area is 174 Å². The molecule has 2 N–H and O–H groups in total. The number of halogens is 2. The van der Waals surface area contributed by atoms with Crippen LogP contribution in [0.4, 0.5) is 14.5 Å². The number of nitrogens with zero attached hydrogens (tertiary/aromatic N) is 1. The molecule has 0 spiro atoms. The third kappa shape index (κ3) is 5.95. The zero-order chi connectivity index (χ0) is 21.3. The van der Waals surface area contributed by atoms with Crippen LogP contribution in [0.15, 0.2) is 78.9 Å². The highest BCUT2D eigenvalue weighted by Gasteiger charge is 2.24. The summed E-state index contributed by atoms with van der Waals surface area (Å²) in [5.41, 5.74) is 2.08. The van der Waals surface area contributed by atoms with Gasteiger partial charge in [-0.25, -0.2) is 8.78 Å². The smallest absolute Gasteiger partial charge is 0.238 e. The SMILES string of the molecule is O=C(CN(CCCO)C(c1ccccc1)c1ccccc1)Nc1cc(F)cc(F)c1. The number of nitrogens with one attached hydrogen (secondary N) is 1. The summed E-state index contributed by atoms with van der Waals surface area (Å²) in [6, 6.07) is 22.2. The van der Waals surface area contributed by atoms with E-state index in [0.29, 0.717) is 13.0 Å². The summed E-state index contributed by atoms with van der Waals surface area (Å²) in [5.74, 6) is -1.91. The Hall–Kier alpha value is -3.09. The lowest BCUT2D eigenvalue weighted by atomic mass is 9.96. The van der Waals surface area contributed by atoms with Crippen LogP contribution >= 0.6 is 0 Å². The molecule has 4 nitrogen and oxygen atoms in total. The maximum atomic E-state index is 13.4. The number of hydrogen-bond donors (Lipinski definition) is 2. The van der Waals surface area contributed by atoms with Gasteiger partial charge in [0, 0.05) is 24.9 Å². The first kappa shape index (κ1) is 21.6. The van der Waals surface area contributed by atoms with Gasteiger partial charge in [0.1, 0.15) is 11.6 Å². The van der Waals surface area contributed by atoms with Crippen molar-refractivity contribution in [1.29, 1.82) is 0 Å². The lowest BCUT2D eigenvalue weighted by Crippen LogP contribution is -2.38. The predicted octanol–water partition coefficient (Wildman–Crippen LogP) is 4.38. The maximum absolute atomic E-state index is 13.4. The Morgan fingerprint density at radius 1 is 0.900 bits per heavy atom. The minimum absolute atomic E-state index is 0.00735. The number of carbonyl (C=O) groups is 1. The van der Waals surface area contributed by atoms with Gasteiger partial charge < -0.3 is 10.4 Å². The molecule has 0 aliphatic heterocycles. The highest BCUT2D eigenvalue weighted by Crippen LogP contribution is 2.28. The van der Waals surface area contributed by atoms with Gasteiger partial charge in [0.15, 0.2) is 0 Å². The van der Waals surface area contributed by atoms with Crippen molar-refractivity contribution in [2.45, 2.75) is 12.5 Å². The van der Waals surface area contributed by atoms with Crippen LogP contribution in [0.2, 0.25) is 0 Å². The molecule has 0 aliphatic carbocycles. The van der Waals surface area contributed by atoms with Gasteiger partial charge in [0.25, 0.3) is 0 Å². The van der Waals surface area contributed by atoms with E-state index in [0.717, 1.165) is 29.3 Å². The Balaban J connectivity index is 1.87. The monoisotopic (exact) mass is 410 g/mol. The highest BCUT2D eigenvalue weighted by molar-refractivity contribution is 5.92. The van der Waals surface area contributed by atoms with Crippen LogP contribution in [-0.4, -0.2) is 35.6 Å². The molecule has 0 aliphatic rings. The van der Waals surface area contributed by atoms with Crippen LogP contribution in [0, 0.1) is 11.6 Å². The molecule has 3 rings (SSSR count). The molecule has 0 fully saturated rings. The lowest BCUT2D eigenvalue weighted by Gasteiger charge is -2.32. The van der Waals surface area contributed by atoms with Crippen molar-refractivity contribution in [3.05, 3.63) is 102 Å². The van der Waals surface area contributed by atoms with Crippen LogP contribution in [0.25, 0.3) is 0 Å². The Morgan fingerprint density at radius 3 is 1.93 bits per heavy atom. The topological polar surface area (TPSA) is 52.6 Å². The van der Waals surface area contributed by atoms with E-state index in [4.69, 9.17) is 0 Å². The first-order valence-electron chi connectivity index (χ1n) is 9.77. The standard InChI is InChI=1S/C24H24F2N2O2/c25-20-14-21(26)16-22(15-20)27-23(30)17-28(12-7-13-29)24(18-8-3-1-4-9-18)19-10-5-2-6-11-19/h1-6,8-11,14-16,24,29H,7,12-13,17H2,(H,27,30). The Bertz CT molecular complexity index is 892. The molecular formula is C24H24F2N2O2. The fraction of sp³-hybridized carbons (Fsp3) is 0.208. The molecule has 0 unspecified atom stereocenters. The highest BCUT2D eigenvalue weighted by atomic mass is 19.1. The van der Waals surface area contributed by atoms with Gasteiger partial charge in [-0.05, 0) is 29.7 Å². The molecule has 30 heavy (non-hydrogen) atoms. The van der Waals surface area contributed by atoms with E-state index in [9.17, 15) is 18.7 Å². The van der Waals surface area contributed by atoms with Gasteiger partial charge in [0.05, 0.1) is 12.6 Å². The zero-order valence-corrected chi connectivity index (χ0v) is 16.5. The quantitative estimate of drug-likeness (QED) is 0.551. The van der Waals surface area contributed by atoms with E-state index in [1.807, 2.05) is 65.6 Å². The molecule has 3 aromatic carbocycles. The van der Waals surface area contributed by atoms with Gasteiger partial charge in [-0.2, -0.15) is 0 Å². The first-order valence-corrected chi connectivity index (χ1v) is 9.77. The molecule has 0 aromatic heterocycles. The number of carbonyl (C=O) groups excluding carboxylic acids is 1. The third-order valence-corrected chi connectivity index (χ3v) is 4.69. The molecule has 0 radical (unpaired) electrons. The summed E-state index contributed by atoms with van der Waals surface area (Å²) in [6.45, 7) is 0.450. The molecular weight excluding hydrogens is 386 g/mol. The molecule has 3 aromatic rings. The van der Waals surface area contributed by atoms with E-state index in [-0.39, 0.29) is 24.9 Å². The summed E-state index contributed by atoms with van der Waals surface area (Å²) in [7, 11) is 0. The number of anilines is 1. The fourth-order valence-corrected chi connectivity index (χ4v) is 3.47. The molecule has 0 atom stereocenters. The summed E-state index contributed by atoms with van der Waals surface area (Å²) in [6.07, 6.45) is 0.484. The average Bonchev–Trinajstić information content (AvgIpc) is 2.73. The van der Waals surface area contributed by atoms with Gasteiger partial charge in [-0.15, -0.1) is 0 Å². The largest absolute Gasteiger partial charge is 0.396 e. The van der Waals surface area contributed by atoms with Crippen LogP contribution in [0.1, 0.15) is 23.6 Å². The van der Waals surface area contributed by atoms with Gasteiger partial charge in [-0.1, -0.05) is 60.7 Å². The van der Waals surface area contributed by atoms with Gasteiger partial charge in [-0.3, -0.25) is 9.69 Å². The summed E-state index contributed by atoms with van der Waals surface area (Å²) in [4.78, 5) is 14.7. The number of aliphatic hydroxyl groups excluding tert-OH is 1. The fourth-order valence-electron chi connectivity index (χ4n) is 3.47. The second-order valence-electron chi connectivity index (χ2n) is 6.98. The van der Waals surface area contributed by atoms with Crippen LogP contribution < -0.4 is 5.32 Å². The average molecular weight is 410 g/mol. The molecule has 0 heterocycles. The summed E-state index contributed by atoms with van der Waals surface area (Å²) >= 11 is 0.